The second-order valence-electron chi connectivity index (χ2n) is 8.86. The van der Waals surface area contributed by atoms with Crippen LogP contribution in [0.3, 0.4) is 0 Å². The smallest absolute Gasteiger partial charge is 0.263 e. The first-order valence-electron chi connectivity index (χ1n) is 10.5. The first-order chi connectivity index (χ1) is 15.5. The fourth-order valence-corrected chi connectivity index (χ4v) is 5.39. The van der Waals surface area contributed by atoms with Crippen molar-refractivity contribution in [3.05, 3.63) is 41.4 Å². The summed E-state index contributed by atoms with van der Waals surface area (Å²) in [6.45, 7) is 3.07. The number of sulfonamides is 1. The number of nitrogens with two attached hydrogens (primary N) is 1. The minimum absolute atomic E-state index is 0.00332. The highest BCUT2D eigenvalue weighted by Gasteiger charge is 2.44. The van der Waals surface area contributed by atoms with E-state index in [1.807, 2.05) is 4.90 Å². The molecule has 2 fully saturated rings. The fourth-order valence-electron chi connectivity index (χ4n) is 4.56. The Hall–Kier alpha value is -2.50. The molecule has 2 bridgehead atoms. The molecule has 0 radical (unpaired) electrons. The van der Waals surface area contributed by atoms with Crippen LogP contribution in [0.15, 0.2) is 35.5 Å². The van der Waals surface area contributed by atoms with Crippen LogP contribution < -0.4 is 20.1 Å². The molecular weight excluding hydrogens is 473 g/mol. The summed E-state index contributed by atoms with van der Waals surface area (Å²) in [7, 11) is -3.93. The Morgan fingerprint density at radius 2 is 1.97 bits per heavy atom. The number of nitrogens with one attached hydrogen (secondary N) is 1. The Labute approximate surface area is 196 Å². The average molecular weight is 498 g/mol. The van der Waals surface area contributed by atoms with Gasteiger partial charge in [-0.15, -0.1) is 0 Å². The van der Waals surface area contributed by atoms with Crippen LogP contribution in [-0.4, -0.2) is 48.0 Å². The van der Waals surface area contributed by atoms with Gasteiger partial charge in [-0.1, -0.05) is 11.6 Å². The number of anilines is 1. The second kappa shape index (κ2) is 8.69. The zero-order valence-electron chi connectivity index (χ0n) is 18.2. The van der Waals surface area contributed by atoms with Crippen LogP contribution in [0.1, 0.15) is 39.5 Å². The standard InChI is InChI=1S/C21H25ClFN5O4S/c1-21(2,32-19-16(23)8-12(22)11-26-19)20(29)27-13-9-14-5-6-15(10-13)28(14)18-17(33(24,30)31)4-3-7-25-18/h3-4,7-8,11,13-15H,5-6,9-10H2,1-2H3,(H,27,29)(H2,24,30,31)/t13?,14-,15+. The number of piperidine rings is 1. The van der Waals surface area contributed by atoms with E-state index in [4.69, 9.17) is 21.5 Å². The van der Waals surface area contributed by atoms with Crippen LogP contribution >= 0.6 is 11.6 Å². The molecule has 2 aliphatic heterocycles. The van der Waals surface area contributed by atoms with Gasteiger partial charge in [0.15, 0.2) is 11.4 Å². The van der Waals surface area contributed by atoms with Crippen LogP contribution in [0, 0.1) is 5.82 Å². The van der Waals surface area contributed by atoms with Crippen molar-refractivity contribution in [3.63, 3.8) is 0 Å². The monoisotopic (exact) mass is 497 g/mol. The molecule has 2 aliphatic rings. The second-order valence-corrected chi connectivity index (χ2v) is 10.8. The Bertz CT molecular complexity index is 1160. The topological polar surface area (TPSA) is 128 Å². The molecule has 12 heteroatoms. The highest BCUT2D eigenvalue weighted by atomic mass is 35.5. The number of carbonyl (C=O) groups excluding carboxylic acids is 1. The van der Waals surface area contributed by atoms with E-state index >= 15 is 0 Å². The van der Waals surface area contributed by atoms with E-state index in [0.29, 0.717) is 18.7 Å². The Balaban J connectivity index is 1.46. The van der Waals surface area contributed by atoms with Gasteiger partial charge in [0.05, 0.1) is 5.02 Å². The molecule has 2 aromatic rings. The van der Waals surface area contributed by atoms with E-state index < -0.39 is 27.3 Å². The molecule has 3 N–H and O–H groups in total. The van der Waals surface area contributed by atoms with Gasteiger partial charge in [-0.2, -0.15) is 0 Å². The van der Waals surface area contributed by atoms with Crippen molar-refractivity contribution in [3.8, 4) is 5.88 Å². The van der Waals surface area contributed by atoms with Crippen molar-refractivity contribution in [2.45, 2.75) is 68.2 Å². The number of rotatable bonds is 6. The van der Waals surface area contributed by atoms with Crippen LogP contribution in [-0.2, 0) is 14.8 Å². The lowest BCUT2D eigenvalue weighted by Crippen LogP contribution is -2.55. The highest BCUT2D eigenvalue weighted by Crippen LogP contribution is 2.40. The Morgan fingerprint density at radius 1 is 1.30 bits per heavy atom. The Kier molecular flexibility index (Phi) is 6.23. The number of nitrogens with zero attached hydrogens (tertiary/aromatic N) is 3. The zero-order valence-corrected chi connectivity index (χ0v) is 19.7. The van der Waals surface area contributed by atoms with E-state index in [9.17, 15) is 17.6 Å². The molecule has 33 heavy (non-hydrogen) atoms. The van der Waals surface area contributed by atoms with Crippen LogP contribution in [0.4, 0.5) is 10.2 Å². The first kappa shape index (κ1) is 23.7. The van der Waals surface area contributed by atoms with Crippen molar-refractivity contribution in [2.24, 2.45) is 5.14 Å². The first-order valence-corrected chi connectivity index (χ1v) is 12.5. The Morgan fingerprint density at radius 3 is 2.58 bits per heavy atom. The van der Waals surface area contributed by atoms with Gasteiger partial charge in [0.1, 0.15) is 10.7 Å². The summed E-state index contributed by atoms with van der Waals surface area (Å²) in [6.07, 6.45) is 5.68. The normalized spacial score (nSPS) is 22.8. The van der Waals surface area contributed by atoms with Crippen molar-refractivity contribution in [1.82, 2.24) is 15.3 Å². The summed E-state index contributed by atoms with van der Waals surface area (Å²) in [6, 6.07) is 3.91. The van der Waals surface area contributed by atoms with Crippen LogP contribution in [0.2, 0.25) is 5.02 Å². The van der Waals surface area contributed by atoms with Crippen molar-refractivity contribution in [2.75, 3.05) is 4.90 Å². The van der Waals surface area contributed by atoms with Crippen molar-refractivity contribution in [1.29, 1.82) is 0 Å². The average Bonchev–Trinajstić information content (AvgIpc) is 2.99. The molecule has 4 heterocycles. The number of primary sulfonamides is 1. The molecule has 9 nitrogen and oxygen atoms in total. The van der Waals surface area contributed by atoms with Gasteiger partial charge in [0.2, 0.25) is 10.0 Å². The number of carbonyl (C=O) groups is 1. The van der Waals surface area contributed by atoms with E-state index in [2.05, 4.69) is 15.3 Å². The lowest BCUT2D eigenvalue weighted by atomic mass is 9.96. The summed E-state index contributed by atoms with van der Waals surface area (Å²) in [4.78, 5) is 23.1. The quantitative estimate of drug-likeness (QED) is 0.627. The van der Waals surface area contributed by atoms with Gasteiger partial charge in [-0.25, -0.2) is 27.9 Å². The summed E-state index contributed by atoms with van der Waals surface area (Å²) in [5.41, 5.74) is -1.38. The van der Waals surface area contributed by atoms with Gasteiger partial charge in [0.25, 0.3) is 11.8 Å². The van der Waals surface area contributed by atoms with Crippen molar-refractivity contribution >= 4 is 33.3 Å². The summed E-state index contributed by atoms with van der Waals surface area (Å²) >= 11 is 5.72. The number of pyridine rings is 2. The molecule has 0 aliphatic carbocycles. The largest absolute Gasteiger partial charge is 0.459 e. The molecule has 2 aromatic heterocycles. The maximum absolute atomic E-state index is 14.1. The van der Waals surface area contributed by atoms with Gasteiger partial charge < -0.3 is 15.0 Å². The van der Waals surface area contributed by atoms with E-state index in [0.717, 1.165) is 18.9 Å². The molecule has 2 saturated heterocycles. The molecule has 0 aromatic carbocycles. The summed E-state index contributed by atoms with van der Waals surface area (Å²) in [5, 5.41) is 8.52. The number of halogens is 2. The molecule has 1 unspecified atom stereocenters. The van der Waals surface area contributed by atoms with E-state index in [1.54, 1.807) is 12.3 Å². The number of aromatic nitrogens is 2. The van der Waals surface area contributed by atoms with E-state index in [-0.39, 0.29) is 33.9 Å². The molecule has 4 rings (SSSR count). The van der Waals surface area contributed by atoms with Gasteiger partial charge >= 0.3 is 0 Å². The fraction of sp³-hybridized carbons (Fsp3) is 0.476. The molecular formula is C21H25ClFN5O4S. The highest BCUT2D eigenvalue weighted by molar-refractivity contribution is 7.89. The van der Waals surface area contributed by atoms with Gasteiger partial charge in [0, 0.05) is 30.5 Å². The predicted octanol–water partition coefficient (Wildman–Crippen LogP) is 2.39. The third-order valence-corrected chi connectivity index (χ3v) is 7.18. The van der Waals surface area contributed by atoms with Gasteiger partial charge in [-0.3, -0.25) is 4.79 Å². The minimum atomic E-state index is -3.93. The maximum Gasteiger partial charge on any atom is 0.263 e. The molecule has 178 valence electrons. The van der Waals surface area contributed by atoms with Gasteiger partial charge in [-0.05, 0) is 57.7 Å². The third kappa shape index (κ3) is 4.90. The number of fused-ring (bicyclic) bond motifs is 2. The molecule has 0 spiro atoms. The zero-order chi connectivity index (χ0) is 24.0. The third-order valence-electron chi connectivity index (χ3n) is 6.04. The molecule has 0 saturated carbocycles. The van der Waals surface area contributed by atoms with Crippen molar-refractivity contribution < 1.29 is 22.3 Å². The number of hydrogen-bond donors (Lipinski definition) is 2. The maximum atomic E-state index is 14.1. The number of ether oxygens (including phenoxy) is 1. The predicted molar refractivity (Wildman–Crippen MR) is 120 cm³/mol. The summed E-state index contributed by atoms with van der Waals surface area (Å²) < 4.78 is 43.7. The number of hydrogen-bond acceptors (Lipinski definition) is 7. The lowest BCUT2D eigenvalue weighted by Gasteiger charge is -2.41. The molecule has 1 amide bonds. The summed E-state index contributed by atoms with van der Waals surface area (Å²) in [5.74, 6) is -1.11. The molecule has 3 atom stereocenters. The lowest BCUT2D eigenvalue weighted by molar-refractivity contribution is -0.135. The van der Waals surface area contributed by atoms with Crippen LogP contribution in [0.25, 0.3) is 0 Å². The number of amides is 1. The SMILES string of the molecule is CC(C)(Oc1ncc(Cl)cc1F)C(=O)NC1C[C@H]2CC[C@@H](C1)N2c1ncccc1S(N)(=O)=O. The minimum Gasteiger partial charge on any atom is -0.459 e. The van der Waals surface area contributed by atoms with Crippen LogP contribution in [0.5, 0.6) is 5.88 Å². The van der Waals surface area contributed by atoms with E-state index in [1.165, 1.54) is 26.1 Å².